The number of fused-ring (bicyclic) bond motifs is 1. The number of carbonyl (C=O) groups excluding carboxylic acids is 3. The Kier molecular flexibility index (Phi) is 14.3. The van der Waals surface area contributed by atoms with Gasteiger partial charge in [-0.05, 0) is 55.8 Å². The van der Waals surface area contributed by atoms with Crippen LogP contribution in [-0.4, -0.2) is 107 Å². The normalized spacial score (nSPS) is 21.8. The first-order valence-corrected chi connectivity index (χ1v) is 20.9. The summed E-state index contributed by atoms with van der Waals surface area (Å²) < 4.78 is 36.7. The average Bonchev–Trinajstić information content (AvgIpc) is 3.62. The predicted molar refractivity (Wildman–Crippen MR) is 191 cm³/mol. The fourth-order valence-electron chi connectivity index (χ4n) is 7.78. The summed E-state index contributed by atoms with van der Waals surface area (Å²) in [4.78, 5) is 85.6. The van der Waals surface area contributed by atoms with E-state index in [0.29, 0.717) is 50.1 Å². The van der Waals surface area contributed by atoms with Crippen LogP contribution in [0.5, 0.6) is 0 Å². The number of unbranched alkanes of at least 4 members (excludes halogenated alkanes) is 1. The quantitative estimate of drug-likeness (QED) is 0.0608. The molecular weight excluding hydrogens is 717 g/mol. The van der Waals surface area contributed by atoms with Crippen molar-refractivity contribution in [2.24, 2.45) is 5.92 Å². The van der Waals surface area contributed by atoms with Crippen molar-refractivity contribution in [3.63, 3.8) is 0 Å². The van der Waals surface area contributed by atoms with Crippen LogP contribution in [0.15, 0.2) is 48.9 Å². The number of hydrogen-bond donors (Lipinski definition) is 6. The number of aliphatic hydroxyl groups is 1. The summed E-state index contributed by atoms with van der Waals surface area (Å²) in [5, 5.41) is 9.48. The van der Waals surface area contributed by atoms with E-state index in [4.69, 9.17) is 9.31 Å². The van der Waals surface area contributed by atoms with Crippen molar-refractivity contribution in [2.45, 2.75) is 88.6 Å². The third-order valence-electron chi connectivity index (χ3n) is 10.4. The molecule has 0 aliphatic carbocycles. The van der Waals surface area contributed by atoms with E-state index in [9.17, 15) is 48.2 Å². The molecule has 6 N–H and O–H groups in total. The number of Topliss-reactive ketones (excluding diaryl/α,β-unsaturated/α-hetero) is 2. The van der Waals surface area contributed by atoms with Crippen LogP contribution >= 0.6 is 15.2 Å². The van der Waals surface area contributed by atoms with Crippen LogP contribution in [0, 0.1) is 5.92 Å². The zero-order valence-corrected chi connectivity index (χ0v) is 31.4. The lowest BCUT2D eigenvalue weighted by atomic mass is 9.51. The van der Waals surface area contributed by atoms with Gasteiger partial charge in [-0.1, -0.05) is 50.6 Å². The zero-order chi connectivity index (χ0) is 38.2. The first kappa shape index (κ1) is 42.1. The molecule has 16 nitrogen and oxygen atoms in total. The maximum atomic E-state index is 14.2. The molecule has 288 valence electrons. The third-order valence-corrected chi connectivity index (χ3v) is 14.2. The number of ketones is 2. The number of amides is 1. The molecule has 1 aromatic heterocycles. The number of aromatic nitrogens is 2. The van der Waals surface area contributed by atoms with Crippen molar-refractivity contribution in [2.75, 3.05) is 32.8 Å². The van der Waals surface area contributed by atoms with Gasteiger partial charge in [-0.3, -0.25) is 28.5 Å². The second kappa shape index (κ2) is 17.6. The summed E-state index contributed by atoms with van der Waals surface area (Å²) in [5.41, 5.74) is 0.981. The Morgan fingerprint density at radius 2 is 1.60 bits per heavy atom. The fraction of sp³-hybridized carbons (Fsp3) is 0.606. The highest BCUT2D eigenvalue weighted by Crippen LogP contribution is 2.69. The Labute approximate surface area is 303 Å². The van der Waals surface area contributed by atoms with Gasteiger partial charge in [-0.15, -0.1) is 0 Å². The van der Waals surface area contributed by atoms with Crippen molar-refractivity contribution >= 4 is 39.4 Å². The topological polar surface area (TPSA) is 243 Å². The molecule has 2 aliphatic heterocycles. The number of hydrogen-bond acceptors (Lipinski definition) is 10. The van der Waals surface area contributed by atoms with Gasteiger partial charge in [0.1, 0.15) is 11.5 Å². The molecule has 3 heterocycles. The van der Waals surface area contributed by atoms with E-state index in [1.54, 1.807) is 0 Å². The fourth-order valence-corrected chi connectivity index (χ4v) is 10.0. The van der Waals surface area contributed by atoms with Gasteiger partial charge in [-0.25, -0.2) is 4.98 Å². The lowest BCUT2D eigenvalue weighted by Gasteiger charge is -2.51. The first-order valence-electron chi connectivity index (χ1n) is 17.7. The van der Waals surface area contributed by atoms with Gasteiger partial charge in [0.05, 0.1) is 38.5 Å². The number of quaternary nitrogens is 1. The van der Waals surface area contributed by atoms with Gasteiger partial charge in [0.25, 0.3) is 11.0 Å². The van der Waals surface area contributed by atoms with Crippen LogP contribution < -0.4 is 5.32 Å². The van der Waals surface area contributed by atoms with Crippen LogP contribution in [0.25, 0.3) is 0 Å². The van der Waals surface area contributed by atoms with E-state index in [0.717, 1.165) is 5.56 Å². The smallest absolute Gasteiger partial charge is 0.476 e. The molecule has 0 unspecified atom stereocenters. The maximum absolute atomic E-state index is 14.2. The number of carbonyl (C=O) groups is 3. The second-order valence-corrected chi connectivity index (χ2v) is 18.4. The van der Waals surface area contributed by atoms with Crippen LogP contribution in [0.4, 0.5) is 0 Å². The molecule has 1 amide bonds. The Bertz CT molecular complexity index is 1590. The molecule has 19 heteroatoms. The summed E-state index contributed by atoms with van der Waals surface area (Å²) in [7, 11) is -11.1. The zero-order valence-electron chi connectivity index (χ0n) is 29.7. The summed E-state index contributed by atoms with van der Waals surface area (Å²) >= 11 is 0. The largest absolute Gasteiger partial charge is 0.509 e. The monoisotopic (exact) mass is 768 g/mol. The van der Waals surface area contributed by atoms with E-state index >= 15 is 0 Å². The molecule has 0 saturated carbocycles. The van der Waals surface area contributed by atoms with Crippen LogP contribution in [0.3, 0.4) is 0 Å². The maximum Gasteiger partial charge on any atom is 0.476 e. The lowest BCUT2D eigenvalue weighted by molar-refractivity contribution is -0.823. The van der Waals surface area contributed by atoms with Gasteiger partial charge in [-0.2, -0.15) is 0 Å². The minimum atomic E-state index is -5.55. The predicted octanol–water partition coefficient (Wildman–Crippen LogP) is 2.92. The highest BCUT2D eigenvalue weighted by atomic mass is 31.2. The Morgan fingerprint density at radius 3 is 2.17 bits per heavy atom. The molecule has 0 bridgehead atoms. The van der Waals surface area contributed by atoms with E-state index in [1.807, 2.05) is 30.3 Å². The molecule has 2 saturated heterocycles. The lowest BCUT2D eigenvalue weighted by Crippen LogP contribution is -2.66. The minimum Gasteiger partial charge on any atom is -0.509 e. The van der Waals surface area contributed by atoms with Crippen LogP contribution in [0.2, 0.25) is 5.82 Å². The highest BCUT2D eigenvalue weighted by Gasteiger charge is 2.62. The van der Waals surface area contributed by atoms with Crippen molar-refractivity contribution in [3.05, 3.63) is 60.2 Å². The molecule has 2 aromatic rings. The van der Waals surface area contributed by atoms with Crippen molar-refractivity contribution < 1.29 is 61.9 Å². The Hall–Kier alpha value is -2.69. The molecule has 1 aromatic carbocycles. The van der Waals surface area contributed by atoms with Crippen molar-refractivity contribution in [1.29, 1.82) is 0 Å². The van der Waals surface area contributed by atoms with Crippen LogP contribution in [0.1, 0.15) is 81.3 Å². The number of benzene rings is 1. The molecular formula is C33H51BN4O12P2. The summed E-state index contributed by atoms with van der Waals surface area (Å²) in [6.45, 7) is 4.83. The third kappa shape index (κ3) is 9.89. The van der Waals surface area contributed by atoms with Gasteiger partial charge in [0.2, 0.25) is 0 Å². The minimum absolute atomic E-state index is 0.00917. The number of nitrogens with zero attached hydrogens (tertiary/aromatic N) is 3. The van der Waals surface area contributed by atoms with Gasteiger partial charge in [0.15, 0.2) is 5.78 Å². The van der Waals surface area contributed by atoms with Gasteiger partial charge < -0.3 is 43.7 Å². The van der Waals surface area contributed by atoms with E-state index < -0.39 is 45.3 Å². The molecule has 2 aliphatic rings. The molecule has 0 spiro atoms. The van der Waals surface area contributed by atoms with Crippen LogP contribution in [-0.2, 0) is 34.4 Å². The van der Waals surface area contributed by atoms with Crippen molar-refractivity contribution in [1.82, 2.24) is 15.3 Å². The first-order chi connectivity index (χ1) is 24.4. The average molecular weight is 769 g/mol. The molecule has 52 heavy (non-hydrogen) atoms. The van der Waals surface area contributed by atoms with Crippen molar-refractivity contribution in [3.8, 4) is 0 Å². The molecule has 0 radical (unpaired) electrons. The summed E-state index contributed by atoms with van der Waals surface area (Å²) in [6, 6.07) is 8.58. The molecule has 4 rings (SSSR count). The van der Waals surface area contributed by atoms with E-state index in [2.05, 4.69) is 29.1 Å². The molecule has 2 fully saturated rings. The summed E-state index contributed by atoms with van der Waals surface area (Å²) in [6.07, 6.45) is 4.96. The van der Waals surface area contributed by atoms with E-state index in [-0.39, 0.29) is 67.5 Å². The molecule has 2 atom stereocenters. The number of rotatable bonds is 21. The summed E-state index contributed by atoms with van der Waals surface area (Å²) in [5.74, 6) is -0.909. The Morgan fingerprint density at radius 1 is 0.962 bits per heavy atom. The Balaban J connectivity index is 1.43. The van der Waals surface area contributed by atoms with E-state index in [1.165, 1.54) is 18.6 Å². The highest BCUT2D eigenvalue weighted by molar-refractivity contribution is 7.72. The SMILES string of the molecule is CC(C)C[C@H](CC(=O)[C@H](Cc1ccccc1)NC(=O)c1cnccn1)[B-]12OCC[N+]1(CCCC(=O)CCCCC(O)(P(=O)(O)O)P(=O)(O)O)CCO2. The van der Waals surface area contributed by atoms with Gasteiger partial charge in [0, 0.05) is 31.8 Å². The second-order valence-electron chi connectivity index (χ2n) is 14.4. The standard InChI is InChI=1S/C33H51BN4O12P2/c1-25(2)21-27(23-31(40)29(22-26-9-4-3-5-10-26)37-32(41)30-24-35-14-15-36-30)34-38(17-19-49-34,18-20-50-34)16-8-12-28(39)11-6-7-13-33(42,51(43,44)45)52(46,47)48/h3-5,9-10,14-15,24-25,27,29,42H,6-8,11-13,16-23H2,1-2H3,(H,37,41)(H2,43,44,45)(H2,46,47,48)/t27-,29+,34?,38?/m1/s1. The van der Waals surface area contributed by atoms with Gasteiger partial charge >= 0.3 is 21.9 Å². The number of nitrogens with one attached hydrogen (secondary N) is 1.